The second-order valence-electron chi connectivity index (χ2n) is 4.52. The summed E-state index contributed by atoms with van der Waals surface area (Å²) in [6.45, 7) is 6.45. The Bertz CT molecular complexity index is 481. The van der Waals surface area contributed by atoms with Crippen LogP contribution in [0.25, 0.3) is 0 Å². The summed E-state index contributed by atoms with van der Waals surface area (Å²) in [5.41, 5.74) is 0. The number of sulfonamides is 1. The second kappa shape index (κ2) is 7.62. The van der Waals surface area contributed by atoms with E-state index in [0.717, 1.165) is 24.1 Å². The maximum Gasteiger partial charge on any atom is 0.250 e. The summed E-state index contributed by atoms with van der Waals surface area (Å²) in [4.78, 5) is 1.07. The standard InChI is InChI=1S/C13H22ClNO2S2/c1-4-10(5-2)12(14)9-15-19(16,17)13-8-7-11(6-3)18-13/h7-8,10,12,15H,4-6,9H2,1-3H3. The Morgan fingerprint density at radius 3 is 2.37 bits per heavy atom. The van der Waals surface area contributed by atoms with Gasteiger partial charge < -0.3 is 0 Å². The molecule has 1 aromatic rings. The van der Waals surface area contributed by atoms with E-state index in [1.54, 1.807) is 6.07 Å². The highest BCUT2D eigenvalue weighted by Crippen LogP contribution is 2.23. The molecule has 1 heterocycles. The summed E-state index contributed by atoms with van der Waals surface area (Å²) in [5.74, 6) is 0.346. The molecule has 0 aliphatic carbocycles. The highest BCUT2D eigenvalue weighted by molar-refractivity contribution is 7.91. The van der Waals surface area contributed by atoms with Crippen LogP contribution in [-0.2, 0) is 16.4 Å². The van der Waals surface area contributed by atoms with Gasteiger partial charge in [0.25, 0.3) is 0 Å². The van der Waals surface area contributed by atoms with Gasteiger partial charge in [-0.2, -0.15) is 0 Å². The predicted molar refractivity (Wildman–Crippen MR) is 82.6 cm³/mol. The lowest BCUT2D eigenvalue weighted by molar-refractivity contribution is 0.460. The SMILES string of the molecule is CCc1ccc(S(=O)(=O)NCC(Cl)C(CC)CC)s1. The molecule has 1 atom stereocenters. The number of hydrogen-bond acceptors (Lipinski definition) is 3. The van der Waals surface area contributed by atoms with Crippen LogP contribution in [0.3, 0.4) is 0 Å². The number of thiophene rings is 1. The summed E-state index contributed by atoms with van der Waals surface area (Å²) in [5, 5.41) is -0.157. The Balaban J connectivity index is 2.65. The van der Waals surface area contributed by atoms with Gasteiger partial charge in [0, 0.05) is 16.8 Å². The summed E-state index contributed by atoms with van der Waals surface area (Å²) < 4.78 is 27.2. The normalized spacial score (nSPS) is 13.9. The van der Waals surface area contributed by atoms with Crippen LogP contribution in [0.15, 0.2) is 16.3 Å². The number of alkyl halides is 1. The van der Waals surface area contributed by atoms with Gasteiger partial charge >= 0.3 is 0 Å². The Morgan fingerprint density at radius 2 is 1.89 bits per heavy atom. The highest BCUT2D eigenvalue weighted by Gasteiger charge is 2.21. The first-order valence-corrected chi connectivity index (χ1v) is 9.40. The lowest BCUT2D eigenvalue weighted by Crippen LogP contribution is -2.32. The van der Waals surface area contributed by atoms with Crippen LogP contribution < -0.4 is 4.72 Å². The molecule has 1 N–H and O–H groups in total. The van der Waals surface area contributed by atoms with Crippen molar-refractivity contribution in [1.29, 1.82) is 0 Å². The Hall–Kier alpha value is -0.100. The molecule has 0 radical (unpaired) electrons. The molecule has 0 bridgehead atoms. The molecule has 0 fully saturated rings. The monoisotopic (exact) mass is 323 g/mol. The molecule has 19 heavy (non-hydrogen) atoms. The van der Waals surface area contributed by atoms with Crippen molar-refractivity contribution in [3.63, 3.8) is 0 Å². The van der Waals surface area contributed by atoms with Gasteiger partial charge in [-0.25, -0.2) is 13.1 Å². The Labute approximate surface area is 125 Å². The first kappa shape index (κ1) is 17.0. The van der Waals surface area contributed by atoms with Crippen molar-refractivity contribution in [1.82, 2.24) is 4.72 Å². The van der Waals surface area contributed by atoms with Gasteiger partial charge in [0.05, 0.1) is 0 Å². The van der Waals surface area contributed by atoms with Gasteiger partial charge in [0.2, 0.25) is 10.0 Å². The first-order chi connectivity index (χ1) is 8.94. The average molecular weight is 324 g/mol. The van der Waals surface area contributed by atoms with E-state index in [4.69, 9.17) is 11.6 Å². The lowest BCUT2D eigenvalue weighted by atomic mass is 9.99. The fourth-order valence-electron chi connectivity index (χ4n) is 1.92. The number of aryl methyl sites for hydroxylation is 1. The highest BCUT2D eigenvalue weighted by atomic mass is 35.5. The van der Waals surface area contributed by atoms with Crippen molar-refractivity contribution >= 4 is 33.0 Å². The zero-order valence-electron chi connectivity index (χ0n) is 11.6. The van der Waals surface area contributed by atoms with Gasteiger partial charge in [-0.3, -0.25) is 0 Å². The first-order valence-electron chi connectivity index (χ1n) is 6.67. The summed E-state index contributed by atoms with van der Waals surface area (Å²) >= 11 is 7.57. The number of hydrogen-bond donors (Lipinski definition) is 1. The van der Waals surface area contributed by atoms with Crippen molar-refractivity contribution in [2.75, 3.05) is 6.54 Å². The molecule has 0 spiro atoms. The third-order valence-corrected chi connectivity index (χ3v) is 6.93. The zero-order valence-corrected chi connectivity index (χ0v) is 14.0. The molecular weight excluding hydrogens is 302 g/mol. The smallest absolute Gasteiger partial charge is 0.209 e. The van der Waals surface area contributed by atoms with Crippen LogP contribution in [0.5, 0.6) is 0 Å². The maximum absolute atomic E-state index is 12.1. The van der Waals surface area contributed by atoms with Crippen LogP contribution >= 0.6 is 22.9 Å². The van der Waals surface area contributed by atoms with Crippen LogP contribution in [0.1, 0.15) is 38.5 Å². The van der Waals surface area contributed by atoms with Crippen molar-refractivity contribution in [3.8, 4) is 0 Å². The molecule has 6 heteroatoms. The van der Waals surface area contributed by atoms with E-state index in [1.807, 2.05) is 13.0 Å². The number of nitrogens with one attached hydrogen (secondary N) is 1. The molecule has 0 aliphatic rings. The lowest BCUT2D eigenvalue weighted by Gasteiger charge is -2.19. The molecule has 3 nitrogen and oxygen atoms in total. The maximum atomic E-state index is 12.1. The second-order valence-corrected chi connectivity index (χ2v) is 8.24. The van der Waals surface area contributed by atoms with Crippen molar-refractivity contribution in [2.45, 2.75) is 49.6 Å². The molecule has 0 amide bonds. The van der Waals surface area contributed by atoms with Crippen LogP contribution in [0.2, 0.25) is 0 Å². The molecule has 0 aliphatic heterocycles. The Morgan fingerprint density at radius 1 is 1.26 bits per heavy atom. The molecule has 110 valence electrons. The van der Waals surface area contributed by atoms with E-state index in [9.17, 15) is 8.42 Å². The third kappa shape index (κ3) is 4.74. The molecular formula is C13H22ClNO2S2. The average Bonchev–Trinajstić information content (AvgIpc) is 2.87. The minimum absolute atomic E-state index is 0.157. The molecule has 0 aromatic carbocycles. The quantitative estimate of drug-likeness (QED) is 0.742. The van der Waals surface area contributed by atoms with Crippen molar-refractivity contribution in [2.24, 2.45) is 5.92 Å². The van der Waals surface area contributed by atoms with Crippen molar-refractivity contribution < 1.29 is 8.42 Å². The van der Waals surface area contributed by atoms with Crippen molar-refractivity contribution in [3.05, 3.63) is 17.0 Å². The van der Waals surface area contributed by atoms with Crippen LogP contribution in [-0.4, -0.2) is 20.3 Å². The third-order valence-electron chi connectivity index (χ3n) is 3.28. The van der Waals surface area contributed by atoms with E-state index in [-0.39, 0.29) is 11.9 Å². The van der Waals surface area contributed by atoms with Gasteiger partial charge in [-0.15, -0.1) is 22.9 Å². The van der Waals surface area contributed by atoms with Gasteiger partial charge in [0.1, 0.15) is 4.21 Å². The van der Waals surface area contributed by atoms with Gasteiger partial charge in [-0.05, 0) is 24.5 Å². The van der Waals surface area contributed by atoms with Gasteiger partial charge in [-0.1, -0.05) is 33.6 Å². The number of halogens is 1. The van der Waals surface area contributed by atoms with E-state index >= 15 is 0 Å². The van der Waals surface area contributed by atoms with E-state index < -0.39 is 10.0 Å². The fraction of sp³-hybridized carbons (Fsp3) is 0.692. The zero-order chi connectivity index (χ0) is 14.5. The molecule has 0 saturated heterocycles. The molecule has 1 unspecified atom stereocenters. The largest absolute Gasteiger partial charge is 0.250 e. The fourth-order valence-corrected chi connectivity index (χ4v) is 4.85. The number of rotatable bonds is 8. The Kier molecular flexibility index (Phi) is 6.80. The van der Waals surface area contributed by atoms with Crippen LogP contribution in [0.4, 0.5) is 0 Å². The van der Waals surface area contributed by atoms with Gasteiger partial charge in [0.15, 0.2) is 0 Å². The van der Waals surface area contributed by atoms with E-state index in [0.29, 0.717) is 10.1 Å². The molecule has 0 saturated carbocycles. The predicted octanol–water partition coefficient (Wildman–Crippen LogP) is 3.63. The molecule has 1 rings (SSSR count). The summed E-state index contributed by atoms with van der Waals surface area (Å²) in [6, 6.07) is 3.52. The minimum atomic E-state index is -3.41. The summed E-state index contributed by atoms with van der Waals surface area (Å²) in [7, 11) is -3.41. The van der Waals surface area contributed by atoms with E-state index in [1.165, 1.54) is 11.3 Å². The van der Waals surface area contributed by atoms with Crippen LogP contribution in [0, 0.1) is 5.92 Å². The summed E-state index contributed by atoms with van der Waals surface area (Å²) in [6.07, 6.45) is 2.78. The van der Waals surface area contributed by atoms with E-state index in [2.05, 4.69) is 18.6 Å². The molecule has 1 aromatic heterocycles. The topological polar surface area (TPSA) is 46.2 Å². The minimum Gasteiger partial charge on any atom is -0.209 e.